The van der Waals surface area contributed by atoms with Gasteiger partial charge in [-0.2, -0.15) is 0 Å². The van der Waals surface area contributed by atoms with E-state index in [9.17, 15) is 0 Å². The molecular formula is C14H28O2. The van der Waals surface area contributed by atoms with Crippen molar-refractivity contribution in [3.05, 3.63) is 0 Å². The van der Waals surface area contributed by atoms with Gasteiger partial charge in [0.1, 0.15) is 0 Å². The van der Waals surface area contributed by atoms with Gasteiger partial charge in [-0.25, -0.2) is 0 Å². The van der Waals surface area contributed by atoms with Gasteiger partial charge >= 0.3 is 0 Å². The molecule has 0 N–H and O–H groups in total. The Labute approximate surface area is 101 Å². The topological polar surface area (TPSA) is 18.5 Å². The van der Waals surface area contributed by atoms with Crippen molar-refractivity contribution in [2.45, 2.75) is 90.6 Å². The second-order valence-corrected chi connectivity index (χ2v) is 5.44. The lowest BCUT2D eigenvalue weighted by Crippen LogP contribution is -2.21. The number of rotatable bonds is 7. The SMILES string of the molecule is CCCCCCCC[C@H]1OC(C)(C)O[C@@H]1C. The second kappa shape index (κ2) is 6.61. The first-order valence-corrected chi connectivity index (χ1v) is 6.91. The highest BCUT2D eigenvalue weighted by Gasteiger charge is 2.37. The molecule has 2 nitrogen and oxygen atoms in total. The van der Waals surface area contributed by atoms with Crippen molar-refractivity contribution in [3.8, 4) is 0 Å². The van der Waals surface area contributed by atoms with Crippen molar-refractivity contribution >= 4 is 0 Å². The van der Waals surface area contributed by atoms with E-state index in [-0.39, 0.29) is 11.9 Å². The first-order chi connectivity index (χ1) is 7.55. The third kappa shape index (κ3) is 4.84. The molecule has 0 aliphatic carbocycles. The van der Waals surface area contributed by atoms with Gasteiger partial charge in [0.15, 0.2) is 5.79 Å². The summed E-state index contributed by atoms with van der Waals surface area (Å²) in [5.74, 6) is -0.369. The van der Waals surface area contributed by atoms with E-state index in [4.69, 9.17) is 9.47 Å². The number of unbranched alkanes of at least 4 members (excludes halogenated alkanes) is 5. The molecule has 1 rings (SSSR count). The van der Waals surface area contributed by atoms with Crippen molar-refractivity contribution in [1.82, 2.24) is 0 Å². The molecule has 0 saturated carbocycles. The van der Waals surface area contributed by atoms with E-state index in [0.717, 1.165) is 6.42 Å². The quantitative estimate of drug-likeness (QED) is 0.606. The van der Waals surface area contributed by atoms with Crippen molar-refractivity contribution in [1.29, 1.82) is 0 Å². The summed E-state index contributed by atoms with van der Waals surface area (Å²) in [4.78, 5) is 0. The van der Waals surface area contributed by atoms with Gasteiger partial charge in [0.05, 0.1) is 12.2 Å². The van der Waals surface area contributed by atoms with Crippen LogP contribution in [0.25, 0.3) is 0 Å². The second-order valence-electron chi connectivity index (χ2n) is 5.44. The monoisotopic (exact) mass is 228 g/mol. The van der Waals surface area contributed by atoms with E-state index in [0.29, 0.717) is 6.10 Å². The molecule has 0 aromatic carbocycles. The van der Waals surface area contributed by atoms with Gasteiger partial charge < -0.3 is 9.47 Å². The Kier molecular flexibility index (Phi) is 5.77. The van der Waals surface area contributed by atoms with Crippen LogP contribution in [0.2, 0.25) is 0 Å². The smallest absolute Gasteiger partial charge is 0.163 e. The molecule has 0 bridgehead atoms. The maximum Gasteiger partial charge on any atom is 0.163 e. The van der Waals surface area contributed by atoms with E-state index in [1.54, 1.807) is 0 Å². The van der Waals surface area contributed by atoms with Crippen LogP contribution in [-0.4, -0.2) is 18.0 Å². The fourth-order valence-corrected chi connectivity index (χ4v) is 2.43. The average molecular weight is 228 g/mol. The molecule has 2 heteroatoms. The molecule has 1 fully saturated rings. The van der Waals surface area contributed by atoms with Crippen LogP contribution in [0.15, 0.2) is 0 Å². The third-order valence-electron chi connectivity index (χ3n) is 3.27. The van der Waals surface area contributed by atoms with Gasteiger partial charge in [0, 0.05) is 0 Å². The van der Waals surface area contributed by atoms with Crippen molar-refractivity contribution < 1.29 is 9.47 Å². The zero-order valence-corrected chi connectivity index (χ0v) is 11.4. The molecule has 0 amide bonds. The molecule has 1 saturated heterocycles. The van der Waals surface area contributed by atoms with E-state index in [1.165, 1.54) is 38.5 Å². The van der Waals surface area contributed by atoms with Crippen LogP contribution < -0.4 is 0 Å². The van der Waals surface area contributed by atoms with E-state index in [1.807, 2.05) is 13.8 Å². The van der Waals surface area contributed by atoms with Crippen molar-refractivity contribution in [2.75, 3.05) is 0 Å². The fraction of sp³-hybridized carbons (Fsp3) is 1.00. The average Bonchev–Trinajstić information content (AvgIpc) is 2.45. The molecule has 0 aromatic rings. The zero-order chi connectivity index (χ0) is 12.0. The van der Waals surface area contributed by atoms with Crippen LogP contribution in [0.4, 0.5) is 0 Å². The normalized spacial score (nSPS) is 28.5. The van der Waals surface area contributed by atoms with Crippen LogP contribution in [-0.2, 0) is 9.47 Å². The van der Waals surface area contributed by atoms with Gasteiger partial charge in [-0.1, -0.05) is 45.4 Å². The molecular weight excluding hydrogens is 200 g/mol. The molecule has 0 radical (unpaired) electrons. The van der Waals surface area contributed by atoms with Crippen molar-refractivity contribution in [2.24, 2.45) is 0 Å². The van der Waals surface area contributed by atoms with E-state index < -0.39 is 0 Å². The summed E-state index contributed by atoms with van der Waals surface area (Å²) in [6.07, 6.45) is 9.80. The molecule has 96 valence electrons. The Morgan fingerprint density at radius 2 is 1.56 bits per heavy atom. The van der Waals surface area contributed by atoms with E-state index in [2.05, 4.69) is 13.8 Å². The van der Waals surface area contributed by atoms with Crippen LogP contribution in [0.1, 0.15) is 72.6 Å². The minimum Gasteiger partial charge on any atom is -0.345 e. The first-order valence-electron chi connectivity index (χ1n) is 6.91. The Hall–Kier alpha value is -0.0800. The Balaban J connectivity index is 2.05. The zero-order valence-electron chi connectivity index (χ0n) is 11.4. The maximum atomic E-state index is 5.87. The van der Waals surface area contributed by atoms with Gasteiger partial charge in [-0.15, -0.1) is 0 Å². The first kappa shape index (κ1) is 14.0. The van der Waals surface area contributed by atoms with Crippen LogP contribution >= 0.6 is 0 Å². The largest absolute Gasteiger partial charge is 0.345 e. The van der Waals surface area contributed by atoms with Gasteiger partial charge in [-0.3, -0.25) is 0 Å². The molecule has 2 atom stereocenters. The summed E-state index contributed by atoms with van der Waals surface area (Å²) in [5.41, 5.74) is 0. The Bertz CT molecular complexity index is 189. The van der Waals surface area contributed by atoms with Crippen LogP contribution in [0.3, 0.4) is 0 Å². The van der Waals surface area contributed by atoms with Gasteiger partial charge in [0.25, 0.3) is 0 Å². The predicted molar refractivity (Wildman–Crippen MR) is 67.5 cm³/mol. The van der Waals surface area contributed by atoms with Crippen LogP contribution in [0, 0.1) is 0 Å². The molecule has 0 aromatic heterocycles. The minimum atomic E-state index is -0.369. The number of hydrogen-bond donors (Lipinski definition) is 0. The van der Waals surface area contributed by atoms with Gasteiger partial charge in [0.2, 0.25) is 0 Å². The highest BCUT2D eigenvalue weighted by atomic mass is 16.7. The van der Waals surface area contributed by atoms with Crippen molar-refractivity contribution in [3.63, 3.8) is 0 Å². The molecule has 1 aliphatic heterocycles. The van der Waals surface area contributed by atoms with Crippen LogP contribution in [0.5, 0.6) is 0 Å². The molecule has 16 heavy (non-hydrogen) atoms. The summed E-state index contributed by atoms with van der Waals surface area (Å²) < 4.78 is 11.6. The summed E-state index contributed by atoms with van der Waals surface area (Å²) in [5, 5.41) is 0. The summed E-state index contributed by atoms with van der Waals surface area (Å²) in [7, 11) is 0. The summed E-state index contributed by atoms with van der Waals surface area (Å²) in [6, 6.07) is 0. The molecule has 0 unspecified atom stereocenters. The number of ether oxygens (including phenoxy) is 2. The number of hydrogen-bond acceptors (Lipinski definition) is 2. The fourth-order valence-electron chi connectivity index (χ4n) is 2.43. The highest BCUT2D eigenvalue weighted by Crippen LogP contribution is 2.30. The minimum absolute atomic E-state index is 0.255. The summed E-state index contributed by atoms with van der Waals surface area (Å²) in [6.45, 7) is 8.39. The lowest BCUT2D eigenvalue weighted by Gasteiger charge is -2.16. The maximum absolute atomic E-state index is 5.87. The molecule has 0 spiro atoms. The molecule has 1 aliphatic rings. The lowest BCUT2D eigenvalue weighted by atomic mass is 10.0. The highest BCUT2D eigenvalue weighted by molar-refractivity contribution is 4.77. The Morgan fingerprint density at radius 1 is 0.938 bits per heavy atom. The van der Waals surface area contributed by atoms with Gasteiger partial charge in [-0.05, 0) is 27.2 Å². The standard InChI is InChI=1S/C14H28O2/c1-5-6-7-8-9-10-11-13-12(2)15-14(3,4)16-13/h12-13H,5-11H2,1-4H3/t12-,13-/m1/s1. The third-order valence-corrected chi connectivity index (χ3v) is 3.27. The summed E-state index contributed by atoms with van der Waals surface area (Å²) >= 11 is 0. The van der Waals surface area contributed by atoms with E-state index >= 15 is 0 Å². The molecule has 1 heterocycles. The Morgan fingerprint density at radius 3 is 2.12 bits per heavy atom. The predicted octanol–water partition coefficient (Wildman–Crippen LogP) is 4.28. The lowest BCUT2D eigenvalue weighted by molar-refractivity contribution is -0.145.